The fraction of sp³-hybridized carbons (Fsp3) is 0.478. The fourth-order valence-corrected chi connectivity index (χ4v) is 4.73. The van der Waals surface area contributed by atoms with Gasteiger partial charge >= 0.3 is 0 Å². The van der Waals surface area contributed by atoms with Crippen LogP contribution in [0.5, 0.6) is 0 Å². The third-order valence-electron chi connectivity index (χ3n) is 6.35. The summed E-state index contributed by atoms with van der Waals surface area (Å²) in [6, 6.07) is 5.93. The maximum atomic E-state index is 13.0. The smallest absolute Gasteiger partial charge is 0.254 e. The van der Waals surface area contributed by atoms with Gasteiger partial charge in [0.25, 0.3) is 5.91 Å². The van der Waals surface area contributed by atoms with E-state index in [1.165, 1.54) is 0 Å². The van der Waals surface area contributed by atoms with Crippen molar-refractivity contribution in [1.29, 1.82) is 0 Å². The molecule has 1 aromatic heterocycles. The van der Waals surface area contributed by atoms with Crippen LogP contribution in [0.25, 0.3) is 11.3 Å². The van der Waals surface area contributed by atoms with Gasteiger partial charge in [0.2, 0.25) is 11.9 Å². The molecule has 2 amide bonds. The quantitative estimate of drug-likeness (QED) is 0.745. The predicted octanol–water partition coefficient (Wildman–Crippen LogP) is 2.97. The summed E-state index contributed by atoms with van der Waals surface area (Å²) in [6.45, 7) is 3.59. The standard InChI is InChI=1S/C23H26ClN5O3/c24-19-12-25-23(26-17-5-9-32-10-6-17)27-21(19)15-3-4-16-13-29(22(31)18(16)11-15)14-20(30)28-7-1-2-8-28/h3-4,11-12,17H,1-2,5-10,13-14H2,(H,25,26,27). The molecule has 2 aromatic rings. The van der Waals surface area contributed by atoms with E-state index in [0.717, 1.165) is 63.1 Å². The fourth-order valence-electron chi connectivity index (χ4n) is 4.53. The van der Waals surface area contributed by atoms with E-state index in [0.29, 0.717) is 28.8 Å². The van der Waals surface area contributed by atoms with Crippen LogP contribution in [0.4, 0.5) is 5.95 Å². The molecule has 4 heterocycles. The monoisotopic (exact) mass is 455 g/mol. The van der Waals surface area contributed by atoms with Gasteiger partial charge < -0.3 is 19.9 Å². The normalized spacial score (nSPS) is 18.8. The van der Waals surface area contributed by atoms with E-state index in [9.17, 15) is 9.59 Å². The molecule has 0 bridgehead atoms. The van der Waals surface area contributed by atoms with Gasteiger partial charge in [0.1, 0.15) is 6.54 Å². The van der Waals surface area contributed by atoms with Crippen molar-refractivity contribution < 1.29 is 14.3 Å². The minimum atomic E-state index is -0.125. The summed E-state index contributed by atoms with van der Waals surface area (Å²) in [6.07, 6.45) is 5.46. The molecule has 0 aliphatic carbocycles. The molecule has 2 fully saturated rings. The van der Waals surface area contributed by atoms with Gasteiger partial charge in [-0.2, -0.15) is 0 Å². The zero-order valence-corrected chi connectivity index (χ0v) is 18.6. The first-order valence-corrected chi connectivity index (χ1v) is 11.5. The van der Waals surface area contributed by atoms with Crippen LogP contribution in [0.15, 0.2) is 24.4 Å². The highest BCUT2D eigenvalue weighted by atomic mass is 35.5. The Kier molecular flexibility index (Phi) is 5.97. The topological polar surface area (TPSA) is 87.7 Å². The van der Waals surface area contributed by atoms with E-state index in [2.05, 4.69) is 15.3 Å². The van der Waals surface area contributed by atoms with Gasteiger partial charge in [-0.15, -0.1) is 0 Å². The van der Waals surface area contributed by atoms with Crippen molar-refractivity contribution in [3.63, 3.8) is 0 Å². The van der Waals surface area contributed by atoms with Crippen molar-refractivity contribution in [3.8, 4) is 11.3 Å². The minimum Gasteiger partial charge on any atom is -0.381 e. The lowest BCUT2D eigenvalue weighted by molar-refractivity contribution is -0.130. The Balaban J connectivity index is 1.33. The second-order valence-corrected chi connectivity index (χ2v) is 8.95. The van der Waals surface area contributed by atoms with Crippen LogP contribution in [0, 0.1) is 0 Å². The average Bonchev–Trinajstić information content (AvgIpc) is 3.45. The molecule has 0 radical (unpaired) electrons. The summed E-state index contributed by atoms with van der Waals surface area (Å²) < 4.78 is 5.40. The number of fused-ring (bicyclic) bond motifs is 1. The Morgan fingerprint density at radius 3 is 2.78 bits per heavy atom. The van der Waals surface area contributed by atoms with Gasteiger partial charge in [0, 0.05) is 50.0 Å². The maximum absolute atomic E-state index is 13.0. The second kappa shape index (κ2) is 9.03. The first-order chi connectivity index (χ1) is 15.6. The summed E-state index contributed by atoms with van der Waals surface area (Å²) in [4.78, 5) is 37.9. The molecule has 2 saturated heterocycles. The Morgan fingerprint density at radius 1 is 1.22 bits per heavy atom. The van der Waals surface area contributed by atoms with Crippen LogP contribution in [0.2, 0.25) is 5.02 Å². The molecule has 3 aliphatic heterocycles. The maximum Gasteiger partial charge on any atom is 0.254 e. The van der Waals surface area contributed by atoms with E-state index in [1.807, 2.05) is 23.1 Å². The minimum absolute atomic E-state index is 0.0200. The zero-order chi connectivity index (χ0) is 22.1. The van der Waals surface area contributed by atoms with Crippen LogP contribution >= 0.6 is 11.6 Å². The highest BCUT2D eigenvalue weighted by Crippen LogP contribution is 2.31. The predicted molar refractivity (Wildman–Crippen MR) is 120 cm³/mol. The van der Waals surface area contributed by atoms with Crippen LogP contribution in [0.1, 0.15) is 41.6 Å². The third kappa shape index (κ3) is 4.29. The van der Waals surface area contributed by atoms with E-state index in [4.69, 9.17) is 16.3 Å². The number of carbonyl (C=O) groups is 2. The number of hydrogen-bond acceptors (Lipinski definition) is 6. The van der Waals surface area contributed by atoms with Gasteiger partial charge in [-0.3, -0.25) is 9.59 Å². The number of benzene rings is 1. The number of nitrogens with zero attached hydrogens (tertiary/aromatic N) is 4. The molecule has 0 unspecified atom stereocenters. The van der Waals surface area contributed by atoms with Crippen LogP contribution in [-0.4, -0.2) is 70.5 Å². The number of carbonyl (C=O) groups excluding carboxylic acids is 2. The number of likely N-dealkylation sites (tertiary alicyclic amines) is 1. The Bertz CT molecular complexity index is 1030. The largest absolute Gasteiger partial charge is 0.381 e. The summed E-state index contributed by atoms with van der Waals surface area (Å²) in [7, 11) is 0. The number of amides is 2. The highest BCUT2D eigenvalue weighted by molar-refractivity contribution is 6.33. The van der Waals surface area contributed by atoms with Crippen LogP contribution < -0.4 is 5.32 Å². The van der Waals surface area contributed by atoms with Crippen LogP contribution in [0.3, 0.4) is 0 Å². The Morgan fingerprint density at radius 2 is 2.00 bits per heavy atom. The molecule has 5 rings (SSSR count). The van der Waals surface area contributed by atoms with Gasteiger partial charge in [-0.05, 0) is 37.3 Å². The molecular weight excluding hydrogens is 430 g/mol. The number of anilines is 1. The van der Waals surface area contributed by atoms with Gasteiger partial charge in [-0.1, -0.05) is 23.7 Å². The summed E-state index contributed by atoms with van der Waals surface area (Å²) in [5.74, 6) is 0.410. The van der Waals surface area contributed by atoms with Gasteiger partial charge in [0.05, 0.1) is 16.9 Å². The molecule has 1 N–H and O–H groups in total. The van der Waals surface area contributed by atoms with Crippen LogP contribution in [-0.2, 0) is 16.1 Å². The number of halogens is 1. The first kappa shape index (κ1) is 21.2. The third-order valence-corrected chi connectivity index (χ3v) is 6.62. The molecule has 1 aromatic carbocycles. The summed E-state index contributed by atoms with van der Waals surface area (Å²) in [5.41, 5.74) is 2.86. The molecule has 0 spiro atoms. The van der Waals surface area contributed by atoms with E-state index < -0.39 is 0 Å². The van der Waals surface area contributed by atoms with Crippen molar-refractivity contribution in [1.82, 2.24) is 19.8 Å². The number of hydrogen-bond donors (Lipinski definition) is 1. The van der Waals surface area contributed by atoms with Crippen molar-refractivity contribution in [3.05, 3.63) is 40.5 Å². The molecule has 3 aliphatic rings. The van der Waals surface area contributed by atoms with Gasteiger partial charge in [0.15, 0.2) is 0 Å². The Labute approximate surface area is 191 Å². The lowest BCUT2D eigenvalue weighted by Gasteiger charge is -2.23. The summed E-state index contributed by atoms with van der Waals surface area (Å²) in [5, 5.41) is 3.78. The van der Waals surface area contributed by atoms with Crippen molar-refractivity contribution in [2.75, 3.05) is 38.2 Å². The molecule has 168 valence electrons. The number of nitrogens with one attached hydrogen (secondary N) is 1. The number of rotatable bonds is 5. The molecule has 9 heteroatoms. The Hall–Kier alpha value is -2.71. The lowest BCUT2D eigenvalue weighted by atomic mass is 10.0. The molecule has 0 saturated carbocycles. The zero-order valence-electron chi connectivity index (χ0n) is 17.8. The average molecular weight is 456 g/mol. The van der Waals surface area contributed by atoms with Crippen molar-refractivity contribution in [2.24, 2.45) is 0 Å². The van der Waals surface area contributed by atoms with Crippen molar-refractivity contribution in [2.45, 2.75) is 38.3 Å². The van der Waals surface area contributed by atoms with E-state index in [1.54, 1.807) is 11.1 Å². The molecule has 0 atom stereocenters. The highest BCUT2D eigenvalue weighted by Gasteiger charge is 2.31. The SMILES string of the molecule is O=C(CN1Cc2ccc(-c3nc(NC4CCOCC4)ncc3Cl)cc2C1=O)N1CCCC1. The molecule has 8 nitrogen and oxygen atoms in total. The lowest BCUT2D eigenvalue weighted by Crippen LogP contribution is -2.39. The molecule has 32 heavy (non-hydrogen) atoms. The van der Waals surface area contributed by atoms with E-state index >= 15 is 0 Å². The molecular formula is C23H26ClN5O3. The van der Waals surface area contributed by atoms with Crippen molar-refractivity contribution >= 4 is 29.4 Å². The van der Waals surface area contributed by atoms with Gasteiger partial charge in [-0.25, -0.2) is 9.97 Å². The second-order valence-electron chi connectivity index (χ2n) is 8.54. The number of aromatic nitrogens is 2. The van der Waals surface area contributed by atoms with E-state index in [-0.39, 0.29) is 24.4 Å². The first-order valence-electron chi connectivity index (χ1n) is 11.2. The summed E-state index contributed by atoms with van der Waals surface area (Å²) >= 11 is 6.41. The number of ether oxygens (including phenoxy) is 1.